The van der Waals surface area contributed by atoms with E-state index in [9.17, 15) is 17.6 Å². The Morgan fingerprint density at radius 2 is 1.00 bits per heavy atom. The Morgan fingerprint density at radius 1 is 0.778 bits per heavy atom. The molecule has 2 N–H and O–H groups in total. The van der Waals surface area contributed by atoms with Crippen LogP contribution in [-0.4, -0.2) is 17.3 Å². The van der Waals surface area contributed by atoms with Crippen molar-refractivity contribution in [3.63, 3.8) is 0 Å². The van der Waals surface area contributed by atoms with Crippen LogP contribution in [0.15, 0.2) is 0 Å². The summed E-state index contributed by atoms with van der Waals surface area (Å²) in [4.78, 5) is 0. The van der Waals surface area contributed by atoms with Crippen molar-refractivity contribution in [3.8, 4) is 0 Å². The number of halogens is 4. The second-order valence-corrected chi connectivity index (χ2v) is 1.91. The minimum absolute atomic E-state index is 0. The maximum absolute atomic E-state index is 11.6. The van der Waals surface area contributed by atoms with Gasteiger partial charge in [0.15, 0.2) is 0 Å². The van der Waals surface area contributed by atoms with Crippen molar-refractivity contribution in [1.29, 1.82) is 0 Å². The summed E-state index contributed by atoms with van der Waals surface area (Å²) in [6, 6.07) is 0. The largest absolute Gasteiger partial charge is 0.412 e. The summed E-state index contributed by atoms with van der Waals surface area (Å²) in [7, 11) is 0. The fourth-order valence-corrected chi connectivity index (χ4v) is 0.503. The van der Waals surface area contributed by atoms with Gasteiger partial charge in [-0.3, -0.25) is 0 Å². The molecule has 0 aliphatic heterocycles. The second kappa shape index (κ2) is 1.83. The van der Waals surface area contributed by atoms with Gasteiger partial charge in [-0.15, -0.1) is 0 Å². The van der Waals surface area contributed by atoms with E-state index in [0.29, 0.717) is 0 Å². The van der Waals surface area contributed by atoms with Gasteiger partial charge < -0.3 is 5.48 Å². The number of rotatable bonds is 0. The molecule has 5 heteroatoms. The summed E-state index contributed by atoms with van der Waals surface area (Å²) < 4.78 is 46.3. The first kappa shape index (κ1) is 8.68. The molecule has 0 amide bonds. The van der Waals surface area contributed by atoms with Crippen molar-refractivity contribution in [1.82, 2.24) is 0 Å². The van der Waals surface area contributed by atoms with Crippen molar-refractivity contribution in [2.24, 2.45) is 0 Å². The van der Waals surface area contributed by atoms with Crippen LogP contribution < -0.4 is 0 Å². The SMILES string of the molecule is FC1(F)CCC1(F)F.O. The third-order valence-corrected chi connectivity index (χ3v) is 1.29. The third kappa shape index (κ3) is 1.01. The zero-order valence-electron chi connectivity index (χ0n) is 4.43. The van der Waals surface area contributed by atoms with Gasteiger partial charge in [-0.05, 0) is 0 Å². The molecule has 0 spiro atoms. The van der Waals surface area contributed by atoms with Gasteiger partial charge in [-0.1, -0.05) is 0 Å². The van der Waals surface area contributed by atoms with E-state index in [2.05, 4.69) is 0 Å². The van der Waals surface area contributed by atoms with Crippen LogP contribution in [0.2, 0.25) is 0 Å². The average Bonchev–Trinajstić information content (AvgIpc) is 1.64. The highest BCUT2D eigenvalue weighted by Crippen LogP contribution is 2.50. The Balaban J connectivity index is 0.000000640. The summed E-state index contributed by atoms with van der Waals surface area (Å²) in [5.41, 5.74) is 0. The van der Waals surface area contributed by atoms with E-state index in [0.717, 1.165) is 0 Å². The Labute approximate surface area is 49.0 Å². The highest BCUT2D eigenvalue weighted by Gasteiger charge is 2.64. The van der Waals surface area contributed by atoms with Gasteiger partial charge >= 0.3 is 11.8 Å². The van der Waals surface area contributed by atoms with Crippen LogP contribution in [0.5, 0.6) is 0 Å². The van der Waals surface area contributed by atoms with Crippen LogP contribution in [0.25, 0.3) is 0 Å². The second-order valence-electron chi connectivity index (χ2n) is 1.91. The molecule has 1 nitrogen and oxygen atoms in total. The summed E-state index contributed by atoms with van der Waals surface area (Å²) >= 11 is 0. The highest BCUT2D eigenvalue weighted by molar-refractivity contribution is 4.95. The maximum atomic E-state index is 11.6. The van der Waals surface area contributed by atoms with Crippen molar-refractivity contribution in [2.75, 3.05) is 0 Å². The molecule has 0 saturated heterocycles. The molecule has 1 rings (SSSR count). The first-order valence-electron chi connectivity index (χ1n) is 2.21. The molecule has 0 heterocycles. The monoisotopic (exact) mass is 146 g/mol. The minimum atomic E-state index is -3.72. The zero-order valence-corrected chi connectivity index (χ0v) is 4.43. The molecule has 1 saturated carbocycles. The molecule has 1 aliphatic rings. The highest BCUT2D eigenvalue weighted by atomic mass is 19.3. The van der Waals surface area contributed by atoms with Gasteiger partial charge in [0.05, 0.1) is 0 Å². The van der Waals surface area contributed by atoms with Crippen molar-refractivity contribution < 1.29 is 23.0 Å². The van der Waals surface area contributed by atoms with Gasteiger partial charge in [-0.2, -0.15) is 17.6 Å². The Bertz CT molecular complexity index is 97.1. The van der Waals surface area contributed by atoms with Crippen LogP contribution in [0.3, 0.4) is 0 Å². The number of alkyl halides is 4. The zero-order chi connectivity index (χ0) is 6.41. The van der Waals surface area contributed by atoms with Crippen molar-refractivity contribution in [3.05, 3.63) is 0 Å². The first-order valence-corrected chi connectivity index (χ1v) is 2.21. The molecule has 0 bridgehead atoms. The molecular weight excluding hydrogens is 140 g/mol. The normalized spacial score (nSPS) is 28.0. The molecule has 0 aromatic carbocycles. The van der Waals surface area contributed by atoms with Gasteiger partial charge in [-0.25, -0.2) is 0 Å². The number of hydrogen-bond acceptors (Lipinski definition) is 0. The van der Waals surface area contributed by atoms with E-state index >= 15 is 0 Å². The van der Waals surface area contributed by atoms with Crippen LogP contribution in [-0.2, 0) is 0 Å². The van der Waals surface area contributed by atoms with E-state index < -0.39 is 24.7 Å². The summed E-state index contributed by atoms with van der Waals surface area (Å²) in [5.74, 6) is -7.43. The Morgan fingerprint density at radius 3 is 1.00 bits per heavy atom. The van der Waals surface area contributed by atoms with Crippen molar-refractivity contribution >= 4 is 0 Å². The van der Waals surface area contributed by atoms with E-state index in [1.165, 1.54) is 0 Å². The predicted molar refractivity (Wildman–Crippen MR) is 22.7 cm³/mol. The quantitative estimate of drug-likeness (QED) is 0.460. The smallest absolute Gasteiger partial charge is 0.310 e. The maximum Gasteiger partial charge on any atom is 0.310 e. The van der Waals surface area contributed by atoms with Crippen LogP contribution in [0, 0.1) is 0 Å². The summed E-state index contributed by atoms with van der Waals surface area (Å²) in [5, 5.41) is 0. The summed E-state index contributed by atoms with van der Waals surface area (Å²) in [6.45, 7) is 0. The van der Waals surface area contributed by atoms with Gasteiger partial charge in [0.2, 0.25) is 0 Å². The molecule has 0 atom stereocenters. The van der Waals surface area contributed by atoms with Crippen LogP contribution in [0.4, 0.5) is 17.6 Å². The van der Waals surface area contributed by atoms with E-state index in [1.54, 1.807) is 0 Å². The molecule has 56 valence electrons. The molecule has 1 fully saturated rings. The lowest BCUT2D eigenvalue weighted by molar-refractivity contribution is -0.275. The predicted octanol–water partition coefficient (Wildman–Crippen LogP) is 1.23. The Hall–Kier alpha value is -0.320. The third-order valence-electron chi connectivity index (χ3n) is 1.29. The fraction of sp³-hybridized carbons (Fsp3) is 1.00. The Kier molecular flexibility index (Phi) is 1.77. The minimum Gasteiger partial charge on any atom is -0.412 e. The lowest BCUT2D eigenvalue weighted by atomic mass is 9.90. The van der Waals surface area contributed by atoms with E-state index in [4.69, 9.17) is 0 Å². The molecule has 1 aliphatic carbocycles. The molecule has 0 radical (unpaired) electrons. The van der Waals surface area contributed by atoms with Crippen LogP contribution >= 0.6 is 0 Å². The molecule has 9 heavy (non-hydrogen) atoms. The molecule has 0 unspecified atom stereocenters. The van der Waals surface area contributed by atoms with Crippen LogP contribution in [0.1, 0.15) is 12.8 Å². The fourth-order valence-electron chi connectivity index (χ4n) is 0.503. The van der Waals surface area contributed by atoms with Gasteiger partial charge in [0.25, 0.3) is 0 Å². The van der Waals surface area contributed by atoms with E-state index in [1.807, 2.05) is 0 Å². The first-order chi connectivity index (χ1) is 3.46. The van der Waals surface area contributed by atoms with Gasteiger partial charge in [0.1, 0.15) is 0 Å². The van der Waals surface area contributed by atoms with Crippen molar-refractivity contribution in [2.45, 2.75) is 24.7 Å². The molecule has 0 aromatic heterocycles. The van der Waals surface area contributed by atoms with Gasteiger partial charge in [0, 0.05) is 12.8 Å². The number of hydrogen-bond donors (Lipinski definition) is 0. The molecule has 0 aromatic rings. The van der Waals surface area contributed by atoms with E-state index in [-0.39, 0.29) is 5.48 Å². The average molecular weight is 146 g/mol. The standard InChI is InChI=1S/C4H4F4.H2O/c5-3(6)1-2-4(3,7)8;/h1-2H2;1H2. The lowest BCUT2D eigenvalue weighted by Gasteiger charge is -2.35. The lowest BCUT2D eigenvalue weighted by Crippen LogP contribution is -2.50. The topological polar surface area (TPSA) is 31.5 Å². The summed E-state index contributed by atoms with van der Waals surface area (Å²) in [6.07, 6.45) is -1.33. The molecular formula is C4H6F4O.